The first-order valence-corrected chi connectivity index (χ1v) is 9.59. The van der Waals surface area contributed by atoms with Crippen LogP contribution in [0.3, 0.4) is 0 Å². The largest absolute Gasteiger partial charge is 0.465 e. The van der Waals surface area contributed by atoms with E-state index >= 15 is 0 Å². The van der Waals surface area contributed by atoms with Gasteiger partial charge in [-0.05, 0) is 48.4 Å². The average molecular weight is 441 g/mol. The van der Waals surface area contributed by atoms with E-state index in [1.165, 1.54) is 7.11 Å². The standard InChI is InChI=1S/C24H22F3N3O2/c1-14-11-17(24(25,26)27)13-18(12-14)30-22(29)20-6-4-3-5-19(20)21(28)15-7-9-16(10-8-15)23(31)32-2/h3-13,30H,28-29H2,1-2H3/b21-19-,22-20+. The van der Waals surface area contributed by atoms with Gasteiger partial charge < -0.3 is 21.5 Å². The molecule has 3 rings (SSSR count). The maximum Gasteiger partial charge on any atom is 0.416 e. The van der Waals surface area contributed by atoms with Crippen molar-refractivity contribution in [3.8, 4) is 0 Å². The maximum absolute atomic E-state index is 13.2. The van der Waals surface area contributed by atoms with E-state index in [1.807, 2.05) is 0 Å². The highest BCUT2D eigenvalue weighted by atomic mass is 19.4. The number of methoxy groups -OCH3 is 1. The summed E-state index contributed by atoms with van der Waals surface area (Å²) in [7, 11) is 1.30. The van der Waals surface area contributed by atoms with Gasteiger partial charge in [0.05, 0.1) is 18.2 Å². The zero-order valence-electron chi connectivity index (χ0n) is 17.5. The third kappa shape index (κ3) is 5.03. The summed E-state index contributed by atoms with van der Waals surface area (Å²) >= 11 is 0. The number of halogens is 3. The Balaban J connectivity index is 2.09. The second-order valence-electron chi connectivity index (χ2n) is 7.15. The van der Waals surface area contributed by atoms with Crippen LogP contribution in [0.4, 0.5) is 18.9 Å². The molecule has 5 N–H and O–H groups in total. The lowest BCUT2D eigenvalue weighted by Gasteiger charge is -2.13. The van der Waals surface area contributed by atoms with Crippen LogP contribution >= 0.6 is 0 Å². The molecule has 3 aromatic carbocycles. The van der Waals surface area contributed by atoms with Crippen molar-refractivity contribution in [2.24, 2.45) is 11.5 Å². The molecule has 0 saturated heterocycles. The molecule has 0 aliphatic heterocycles. The van der Waals surface area contributed by atoms with E-state index in [0.29, 0.717) is 32.8 Å². The topological polar surface area (TPSA) is 90.4 Å². The van der Waals surface area contributed by atoms with E-state index in [1.54, 1.807) is 61.5 Å². The zero-order valence-corrected chi connectivity index (χ0v) is 17.5. The molecular formula is C24H22F3N3O2. The van der Waals surface area contributed by atoms with Crippen LogP contribution in [0, 0.1) is 6.92 Å². The molecule has 0 aliphatic rings. The van der Waals surface area contributed by atoms with Crippen LogP contribution < -0.4 is 27.2 Å². The van der Waals surface area contributed by atoms with Crippen LogP contribution in [0.15, 0.2) is 66.7 Å². The van der Waals surface area contributed by atoms with Crippen LogP contribution in [0.25, 0.3) is 11.5 Å². The molecule has 0 saturated carbocycles. The molecule has 0 fully saturated rings. The molecule has 166 valence electrons. The number of benzene rings is 3. The molecule has 3 aromatic rings. The lowest BCUT2D eigenvalue weighted by atomic mass is 10.1. The first-order valence-electron chi connectivity index (χ1n) is 9.59. The smallest absolute Gasteiger partial charge is 0.416 e. The molecular weight excluding hydrogens is 419 g/mol. The summed E-state index contributed by atoms with van der Waals surface area (Å²) in [4.78, 5) is 11.6. The lowest BCUT2D eigenvalue weighted by molar-refractivity contribution is -0.137. The highest BCUT2D eigenvalue weighted by molar-refractivity contribution is 5.89. The number of nitrogens with two attached hydrogens (primary N) is 2. The molecule has 0 heterocycles. The Hall–Kier alpha value is -3.94. The first-order chi connectivity index (χ1) is 15.1. The monoisotopic (exact) mass is 441 g/mol. The molecule has 8 heteroatoms. The fourth-order valence-corrected chi connectivity index (χ4v) is 3.25. The minimum Gasteiger partial charge on any atom is -0.465 e. The Morgan fingerprint density at radius 1 is 0.906 bits per heavy atom. The second-order valence-corrected chi connectivity index (χ2v) is 7.15. The summed E-state index contributed by atoms with van der Waals surface area (Å²) in [6, 6.07) is 17.2. The highest BCUT2D eigenvalue weighted by Crippen LogP contribution is 2.32. The molecule has 32 heavy (non-hydrogen) atoms. The number of carbonyl (C=O) groups excluding carboxylic acids is 1. The van der Waals surface area contributed by atoms with E-state index in [0.717, 1.165) is 12.1 Å². The van der Waals surface area contributed by atoms with Gasteiger partial charge in [0.25, 0.3) is 0 Å². The zero-order chi connectivity index (χ0) is 23.5. The number of esters is 1. The predicted octanol–water partition coefficient (Wildman–Crippen LogP) is 3.05. The van der Waals surface area contributed by atoms with Crippen molar-refractivity contribution in [1.29, 1.82) is 0 Å². The van der Waals surface area contributed by atoms with Crippen LogP contribution in [-0.2, 0) is 10.9 Å². The van der Waals surface area contributed by atoms with Gasteiger partial charge in [-0.15, -0.1) is 0 Å². The third-order valence-corrected chi connectivity index (χ3v) is 4.81. The van der Waals surface area contributed by atoms with Gasteiger partial charge in [-0.2, -0.15) is 13.2 Å². The number of ether oxygens (including phenoxy) is 1. The van der Waals surface area contributed by atoms with Crippen molar-refractivity contribution in [2.45, 2.75) is 13.1 Å². The average Bonchev–Trinajstić information content (AvgIpc) is 2.77. The predicted molar refractivity (Wildman–Crippen MR) is 118 cm³/mol. The van der Waals surface area contributed by atoms with Crippen molar-refractivity contribution in [3.05, 3.63) is 99.4 Å². The van der Waals surface area contributed by atoms with Crippen molar-refractivity contribution in [2.75, 3.05) is 12.4 Å². The Labute approximate surface area is 182 Å². The second kappa shape index (κ2) is 9.05. The number of alkyl halides is 3. The lowest BCUT2D eigenvalue weighted by Crippen LogP contribution is -2.35. The molecule has 0 aliphatic carbocycles. The summed E-state index contributed by atoms with van der Waals surface area (Å²) in [5.74, 6) is -0.317. The maximum atomic E-state index is 13.2. The Bertz CT molecular complexity index is 1270. The van der Waals surface area contributed by atoms with Gasteiger partial charge in [0.2, 0.25) is 0 Å². The van der Waals surface area contributed by atoms with Crippen molar-refractivity contribution in [3.63, 3.8) is 0 Å². The molecule has 0 radical (unpaired) electrons. The number of hydrogen-bond acceptors (Lipinski definition) is 5. The van der Waals surface area contributed by atoms with E-state index in [9.17, 15) is 18.0 Å². The number of aryl methyl sites for hydroxylation is 1. The molecule has 0 atom stereocenters. The molecule has 0 amide bonds. The van der Waals surface area contributed by atoms with Crippen molar-refractivity contribution >= 4 is 23.2 Å². The number of hydrogen-bond donors (Lipinski definition) is 3. The van der Waals surface area contributed by atoms with Gasteiger partial charge in [-0.25, -0.2) is 4.79 Å². The van der Waals surface area contributed by atoms with Gasteiger partial charge in [-0.1, -0.05) is 36.4 Å². The van der Waals surface area contributed by atoms with Crippen LogP contribution in [-0.4, -0.2) is 13.1 Å². The van der Waals surface area contributed by atoms with E-state index in [2.05, 4.69) is 5.32 Å². The van der Waals surface area contributed by atoms with E-state index < -0.39 is 17.7 Å². The van der Waals surface area contributed by atoms with E-state index in [-0.39, 0.29) is 11.5 Å². The van der Waals surface area contributed by atoms with Crippen LogP contribution in [0.1, 0.15) is 27.0 Å². The SMILES string of the molecule is COC(=O)c1ccc(/C(N)=c2\cccc\c2=C(\N)Nc2cc(C)cc(C(F)(F)F)c2)cc1. The quantitative estimate of drug-likeness (QED) is 0.542. The summed E-state index contributed by atoms with van der Waals surface area (Å²) in [6.07, 6.45) is -4.47. The molecule has 0 bridgehead atoms. The summed E-state index contributed by atoms with van der Waals surface area (Å²) in [6.45, 7) is 1.58. The normalized spacial score (nSPS) is 13.3. The molecule has 0 unspecified atom stereocenters. The fourth-order valence-electron chi connectivity index (χ4n) is 3.25. The van der Waals surface area contributed by atoms with Crippen molar-refractivity contribution in [1.82, 2.24) is 0 Å². The number of anilines is 1. The van der Waals surface area contributed by atoms with Gasteiger partial charge in [0.15, 0.2) is 0 Å². The minimum atomic E-state index is -4.47. The number of carbonyl (C=O) groups is 1. The van der Waals surface area contributed by atoms with Crippen molar-refractivity contribution < 1.29 is 22.7 Å². The van der Waals surface area contributed by atoms with Gasteiger partial charge in [-0.3, -0.25) is 0 Å². The first kappa shape index (κ1) is 22.7. The number of rotatable bonds is 4. The highest BCUT2D eigenvalue weighted by Gasteiger charge is 2.30. The van der Waals surface area contributed by atoms with Crippen LogP contribution in [0.5, 0.6) is 0 Å². The Morgan fingerprint density at radius 3 is 2.09 bits per heavy atom. The van der Waals surface area contributed by atoms with Gasteiger partial charge in [0, 0.05) is 21.8 Å². The molecule has 0 aromatic heterocycles. The molecule has 0 spiro atoms. The Kier molecular flexibility index (Phi) is 6.43. The summed E-state index contributed by atoms with van der Waals surface area (Å²) in [5, 5.41) is 3.97. The molecule has 5 nitrogen and oxygen atoms in total. The number of nitrogens with one attached hydrogen (secondary N) is 1. The third-order valence-electron chi connectivity index (χ3n) is 4.81. The van der Waals surface area contributed by atoms with E-state index in [4.69, 9.17) is 16.2 Å². The van der Waals surface area contributed by atoms with Gasteiger partial charge >= 0.3 is 12.1 Å². The minimum absolute atomic E-state index is 0.147. The fraction of sp³-hybridized carbons (Fsp3) is 0.125. The summed E-state index contributed by atoms with van der Waals surface area (Å²) < 4.78 is 44.1. The van der Waals surface area contributed by atoms with Gasteiger partial charge in [0.1, 0.15) is 5.82 Å². The summed E-state index contributed by atoms with van der Waals surface area (Å²) in [5.41, 5.74) is 13.9. The Morgan fingerprint density at radius 2 is 1.50 bits per heavy atom. The van der Waals surface area contributed by atoms with Crippen LogP contribution in [0.2, 0.25) is 0 Å².